The van der Waals surface area contributed by atoms with Gasteiger partial charge in [0.1, 0.15) is 17.8 Å². The molecule has 0 saturated heterocycles. The summed E-state index contributed by atoms with van der Waals surface area (Å²) in [4.78, 5) is 19.4. The lowest BCUT2D eigenvalue weighted by atomic mass is 10.2. The molecule has 3 aromatic rings. The lowest BCUT2D eigenvalue weighted by molar-refractivity contribution is 0.0699. The molecule has 0 atom stereocenters. The SMILES string of the molecule is Cc1cnc(Cn2cnc3c(C(=O)O)cccc32)o1. The first kappa shape index (κ1) is 11.5. The highest BCUT2D eigenvalue weighted by atomic mass is 16.4. The van der Waals surface area contributed by atoms with Gasteiger partial charge in [-0.2, -0.15) is 0 Å². The molecule has 1 aromatic carbocycles. The van der Waals surface area contributed by atoms with Crippen LogP contribution in [0.25, 0.3) is 11.0 Å². The first-order valence-electron chi connectivity index (χ1n) is 5.73. The van der Waals surface area contributed by atoms with Crippen LogP contribution in [-0.2, 0) is 6.54 Å². The molecule has 3 rings (SSSR count). The Kier molecular flexibility index (Phi) is 2.56. The normalized spacial score (nSPS) is 11.0. The number of hydrogen-bond acceptors (Lipinski definition) is 4. The molecule has 6 nitrogen and oxygen atoms in total. The van der Waals surface area contributed by atoms with E-state index in [-0.39, 0.29) is 5.56 Å². The summed E-state index contributed by atoms with van der Waals surface area (Å²) >= 11 is 0. The quantitative estimate of drug-likeness (QED) is 0.776. The average molecular weight is 257 g/mol. The van der Waals surface area contributed by atoms with Gasteiger partial charge in [-0.15, -0.1) is 0 Å². The summed E-state index contributed by atoms with van der Waals surface area (Å²) < 4.78 is 7.22. The van der Waals surface area contributed by atoms with Crippen molar-refractivity contribution in [3.63, 3.8) is 0 Å². The van der Waals surface area contributed by atoms with Crippen molar-refractivity contribution in [3.8, 4) is 0 Å². The zero-order chi connectivity index (χ0) is 13.4. The summed E-state index contributed by atoms with van der Waals surface area (Å²) in [6.07, 6.45) is 3.24. The minimum Gasteiger partial charge on any atom is -0.478 e. The number of carboxylic acid groups (broad SMARTS) is 1. The van der Waals surface area contributed by atoms with E-state index in [0.29, 0.717) is 18.0 Å². The number of benzene rings is 1. The smallest absolute Gasteiger partial charge is 0.337 e. The summed E-state index contributed by atoms with van der Waals surface area (Å²) in [5, 5.41) is 9.11. The number of carbonyl (C=O) groups is 1. The van der Waals surface area contributed by atoms with Crippen molar-refractivity contribution >= 4 is 17.0 Å². The highest BCUT2D eigenvalue weighted by Gasteiger charge is 2.13. The summed E-state index contributed by atoms with van der Waals surface area (Å²) in [6.45, 7) is 2.25. The van der Waals surface area contributed by atoms with Gasteiger partial charge in [-0.3, -0.25) is 0 Å². The number of rotatable bonds is 3. The van der Waals surface area contributed by atoms with E-state index in [1.165, 1.54) is 6.07 Å². The molecule has 2 aromatic heterocycles. The van der Waals surface area contributed by atoms with Crippen molar-refractivity contribution in [2.24, 2.45) is 0 Å². The van der Waals surface area contributed by atoms with Crippen molar-refractivity contribution in [2.45, 2.75) is 13.5 Å². The Balaban J connectivity index is 2.06. The number of aromatic carboxylic acids is 1. The number of nitrogens with zero attached hydrogens (tertiary/aromatic N) is 3. The van der Waals surface area contributed by atoms with Crippen LogP contribution in [0.2, 0.25) is 0 Å². The molecule has 0 aliphatic rings. The maximum atomic E-state index is 11.1. The molecule has 0 radical (unpaired) electrons. The van der Waals surface area contributed by atoms with Crippen LogP contribution in [0.3, 0.4) is 0 Å². The number of aromatic nitrogens is 3. The zero-order valence-corrected chi connectivity index (χ0v) is 10.2. The third-order valence-corrected chi connectivity index (χ3v) is 2.86. The van der Waals surface area contributed by atoms with E-state index in [1.807, 2.05) is 17.6 Å². The minimum absolute atomic E-state index is 0.194. The van der Waals surface area contributed by atoms with Gasteiger partial charge in [-0.05, 0) is 19.1 Å². The second-order valence-electron chi connectivity index (χ2n) is 4.22. The fourth-order valence-electron chi connectivity index (χ4n) is 2.01. The molecule has 0 bridgehead atoms. The number of aryl methyl sites for hydroxylation is 1. The number of imidazole rings is 1. The van der Waals surface area contributed by atoms with E-state index in [2.05, 4.69) is 9.97 Å². The third kappa shape index (κ3) is 1.97. The van der Waals surface area contributed by atoms with Crippen molar-refractivity contribution in [2.75, 3.05) is 0 Å². The fourth-order valence-corrected chi connectivity index (χ4v) is 2.01. The Morgan fingerprint density at radius 1 is 1.42 bits per heavy atom. The topological polar surface area (TPSA) is 81.2 Å². The second-order valence-corrected chi connectivity index (χ2v) is 4.22. The van der Waals surface area contributed by atoms with Gasteiger partial charge in [0, 0.05) is 0 Å². The monoisotopic (exact) mass is 257 g/mol. The molecule has 0 fully saturated rings. The maximum Gasteiger partial charge on any atom is 0.337 e. The first-order chi connectivity index (χ1) is 9.15. The Bertz CT molecular complexity index is 757. The molecular weight excluding hydrogens is 246 g/mol. The van der Waals surface area contributed by atoms with Crippen LogP contribution in [-0.4, -0.2) is 25.6 Å². The predicted molar refractivity (Wildman–Crippen MR) is 67.0 cm³/mol. The summed E-state index contributed by atoms with van der Waals surface area (Å²) in [6, 6.07) is 5.06. The summed E-state index contributed by atoms with van der Waals surface area (Å²) in [7, 11) is 0. The van der Waals surface area contributed by atoms with E-state index < -0.39 is 5.97 Å². The predicted octanol–water partition coefficient (Wildman–Crippen LogP) is 2.08. The number of hydrogen-bond donors (Lipinski definition) is 1. The molecule has 96 valence electrons. The molecule has 0 aliphatic carbocycles. The first-order valence-corrected chi connectivity index (χ1v) is 5.73. The van der Waals surface area contributed by atoms with Crippen LogP contribution >= 0.6 is 0 Å². The molecule has 19 heavy (non-hydrogen) atoms. The molecule has 0 amide bonds. The average Bonchev–Trinajstić information content (AvgIpc) is 2.97. The van der Waals surface area contributed by atoms with Crippen molar-refractivity contribution in [1.82, 2.24) is 14.5 Å². The number of fused-ring (bicyclic) bond motifs is 1. The largest absolute Gasteiger partial charge is 0.478 e. The van der Waals surface area contributed by atoms with Gasteiger partial charge >= 0.3 is 5.97 Å². The molecule has 2 heterocycles. The van der Waals surface area contributed by atoms with Gasteiger partial charge in [0.05, 0.1) is 23.6 Å². The van der Waals surface area contributed by atoms with Crippen LogP contribution in [0.4, 0.5) is 0 Å². The number of para-hydroxylation sites is 1. The van der Waals surface area contributed by atoms with Crippen LogP contribution < -0.4 is 0 Å². The maximum absolute atomic E-state index is 11.1. The van der Waals surface area contributed by atoms with Crippen molar-refractivity contribution in [3.05, 3.63) is 47.9 Å². The van der Waals surface area contributed by atoms with E-state index in [1.54, 1.807) is 18.6 Å². The van der Waals surface area contributed by atoms with E-state index in [4.69, 9.17) is 9.52 Å². The van der Waals surface area contributed by atoms with Crippen molar-refractivity contribution < 1.29 is 14.3 Å². The Labute approximate surface area is 108 Å². The minimum atomic E-state index is -0.984. The van der Waals surface area contributed by atoms with Gasteiger partial charge in [-0.1, -0.05) is 6.07 Å². The van der Waals surface area contributed by atoms with Crippen LogP contribution in [0.1, 0.15) is 22.0 Å². The highest BCUT2D eigenvalue weighted by Crippen LogP contribution is 2.18. The molecule has 0 unspecified atom stereocenters. The molecule has 0 saturated carbocycles. The second kappa shape index (κ2) is 4.24. The zero-order valence-electron chi connectivity index (χ0n) is 10.2. The van der Waals surface area contributed by atoms with Gasteiger partial charge in [0.15, 0.2) is 0 Å². The Hall–Kier alpha value is -2.63. The van der Waals surface area contributed by atoms with Crippen LogP contribution in [0.5, 0.6) is 0 Å². The lowest BCUT2D eigenvalue weighted by Gasteiger charge is -2.01. The Morgan fingerprint density at radius 2 is 2.26 bits per heavy atom. The molecule has 1 N–H and O–H groups in total. The summed E-state index contributed by atoms with van der Waals surface area (Å²) in [5.74, 6) is 0.325. The lowest BCUT2D eigenvalue weighted by Crippen LogP contribution is -2.00. The standard InChI is InChI=1S/C13H11N3O3/c1-8-5-14-11(19-8)6-16-7-15-12-9(13(17)18)3-2-4-10(12)16/h2-5,7H,6H2,1H3,(H,17,18). The molecular formula is C13H11N3O3. The molecule has 0 spiro atoms. The van der Waals surface area contributed by atoms with Gasteiger partial charge < -0.3 is 14.1 Å². The van der Waals surface area contributed by atoms with Gasteiger partial charge in [0.25, 0.3) is 0 Å². The van der Waals surface area contributed by atoms with Crippen molar-refractivity contribution in [1.29, 1.82) is 0 Å². The third-order valence-electron chi connectivity index (χ3n) is 2.86. The van der Waals surface area contributed by atoms with Gasteiger partial charge in [0.2, 0.25) is 5.89 Å². The van der Waals surface area contributed by atoms with E-state index >= 15 is 0 Å². The molecule has 0 aliphatic heterocycles. The van der Waals surface area contributed by atoms with E-state index in [0.717, 1.165) is 11.3 Å². The highest BCUT2D eigenvalue weighted by molar-refractivity contribution is 6.00. The van der Waals surface area contributed by atoms with Gasteiger partial charge in [-0.25, -0.2) is 14.8 Å². The van der Waals surface area contributed by atoms with Crippen LogP contribution in [0.15, 0.2) is 35.1 Å². The van der Waals surface area contributed by atoms with Crippen LogP contribution in [0, 0.1) is 6.92 Å². The summed E-state index contributed by atoms with van der Waals surface area (Å²) in [5.41, 5.74) is 1.41. The number of oxazole rings is 1. The Morgan fingerprint density at radius 3 is 2.95 bits per heavy atom. The number of carboxylic acids is 1. The fraction of sp³-hybridized carbons (Fsp3) is 0.154. The molecule has 6 heteroatoms. The van der Waals surface area contributed by atoms with E-state index in [9.17, 15) is 4.79 Å².